The van der Waals surface area contributed by atoms with Crippen LogP contribution >= 0.6 is 0 Å². The summed E-state index contributed by atoms with van der Waals surface area (Å²) in [7, 11) is 0. The first kappa shape index (κ1) is 33.1. The second-order valence-electron chi connectivity index (χ2n) is 12.6. The van der Waals surface area contributed by atoms with Gasteiger partial charge in [-0.2, -0.15) is 0 Å². The van der Waals surface area contributed by atoms with E-state index in [0.717, 1.165) is 56.2 Å². The Labute approximate surface area is 224 Å². The first-order valence-corrected chi connectivity index (χ1v) is 15.8. The first-order valence-electron chi connectivity index (χ1n) is 15.8. The molecule has 0 radical (unpaired) electrons. The summed E-state index contributed by atoms with van der Waals surface area (Å²) in [6, 6.07) is 0. The molecular formula is C33H61NO2. The average molecular weight is 504 g/mol. The fourth-order valence-corrected chi connectivity index (χ4v) is 5.35. The maximum atomic E-state index is 12.2. The van der Waals surface area contributed by atoms with Gasteiger partial charge in [0.25, 0.3) is 0 Å². The molecule has 210 valence electrons. The van der Waals surface area contributed by atoms with E-state index in [-0.39, 0.29) is 10.9 Å². The second-order valence-corrected chi connectivity index (χ2v) is 12.6. The standard InChI is InChI=1S/C33H61NO2/c1-6-8-10-12-14-16-21-27-34(26-20-15-13-11-9-7-2)28-22-18-24-30-29(31(35)32(30)36)23-17-19-25-33(3,4)5/h6-28H2,1-5H3. The molecular weight excluding hydrogens is 442 g/mol. The van der Waals surface area contributed by atoms with Gasteiger partial charge in [-0.25, -0.2) is 0 Å². The van der Waals surface area contributed by atoms with Crippen molar-refractivity contribution in [1.29, 1.82) is 0 Å². The van der Waals surface area contributed by atoms with Crippen molar-refractivity contribution in [3.63, 3.8) is 0 Å². The summed E-state index contributed by atoms with van der Waals surface area (Å²) >= 11 is 0. The topological polar surface area (TPSA) is 37.4 Å². The smallest absolute Gasteiger partial charge is 0.229 e. The number of hydrogen-bond donors (Lipinski definition) is 0. The molecule has 1 aromatic rings. The van der Waals surface area contributed by atoms with Gasteiger partial charge in [0, 0.05) is 11.1 Å². The Morgan fingerprint density at radius 3 is 1.28 bits per heavy atom. The van der Waals surface area contributed by atoms with Crippen LogP contribution in [0.4, 0.5) is 0 Å². The van der Waals surface area contributed by atoms with Gasteiger partial charge in [0.15, 0.2) is 0 Å². The molecule has 1 rings (SSSR count). The van der Waals surface area contributed by atoms with E-state index in [0.29, 0.717) is 5.41 Å². The lowest BCUT2D eigenvalue weighted by Crippen LogP contribution is -2.40. The van der Waals surface area contributed by atoms with Gasteiger partial charge in [0.05, 0.1) is 0 Å². The van der Waals surface area contributed by atoms with Crippen molar-refractivity contribution < 1.29 is 0 Å². The van der Waals surface area contributed by atoms with E-state index in [4.69, 9.17) is 0 Å². The van der Waals surface area contributed by atoms with Gasteiger partial charge in [-0.05, 0) is 76.4 Å². The van der Waals surface area contributed by atoms with E-state index >= 15 is 0 Å². The predicted octanol–water partition coefficient (Wildman–Crippen LogP) is 8.78. The van der Waals surface area contributed by atoms with Crippen molar-refractivity contribution in [2.75, 3.05) is 19.6 Å². The minimum absolute atomic E-state index is 0.187. The van der Waals surface area contributed by atoms with E-state index in [1.807, 2.05) is 0 Å². The predicted molar refractivity (Wildman–Crippen MR) is 159 cm³/mol. The molecule has 0 N–H and O–H groups in total. The van der Waals surface area contributed by atoms with Crippen LogP contribution in [-0.2, 0) is 12.8 Å². The third-order valence-corrected chi connectivity index (χ3v) is 7.78. The molecule has 0 atom stereocenters. The summed E-state index contributed by atoms with van der Waals surface area (Å²) in [5.74, 6) is 0. The van der Waals surface area contributed by atoms with Gasteiger partial charge in [-0.15, -0.1) is 0 Å². The summed E-state index contributed by atoms with van der Waals surface area (Å²) in [4.78, 5) is 27.0. The summed E-state index contributed by atoms with van der Waals surface area (Å²) in [6.07, 6.45) is 24.8. The number of nitrogens with zero attached hydrogens (tertiary/aromatic N) is 1. The lowest BCUT2D eigenvalue weighted by Gasteiger charge is -2.22. The number of hydrogen-bond acceptors (Lipinski definition) is 3. The zero-order valence-corrected chi connectivity index (χ0v) is 25.0. The Bertz CT molecular complexity index is 723. The lowest BCUT2D eigenvalue weighted by molar-refractivity contribution is 0.255. The van der Waals surface area contributed by atoms with E-state index in [2.05, 4.69) is 39.5 Å². The fraction of sp³-hybridized carbons (Fsp3) is 0.879. The molecule has 0 unspecified atom stereocenters. The van der Waals surface area contributed by atoms with Gasteiger partial charge < -0.3 is 4.90 Å². The third-order valence-electron chi connectivity index (χ3n) is 7.78. The number of unbranched alkanes of at least 4 members (excludes halogenated alkanes) is 13. The van der Waals surface area contributed by atoms with Gasteiger partial charge in [-0.3, -0.25) is 9.59 Å². The van der Waals surface area contributed by atoms with Crippen LogP contribution in [0.5, 0.6) is 0 Å². The molecule has 0 heterocycles. The first-order chi connectivity index (χ1) is 17.3. The van der Waals surface area contributed by atoms with Crippen molar-refractivity contribution in [2.45, 2.75) is 163 Å². The van der Waals surface area contributed by atoms with Crippen LogP contribution in [0, 0.1) is 5.41 Å². The largest absolute Gasteiger partial charge is 0.303 e. The monoisotopic (exact) mass is 503 g/mol. The summed E-state index contributed by atoms with van der Waals surface area (Å²) in [6.45, 7) is 14.9. The molecule has 0 aliphatic rings. The highest BCUT2D eigenvalue weighted by molar-refractivity contribution is 5.33. The van der Waals surface area contributed by atoms with Crippen molar-refractivity contribution in [3.8, 4) is 0 Å². The molecule has 0 aromatic heterocycles. The molecule has 0 fully saturated rings. The highest BCUT2D eigenvalue weighted by atomic mass is 16.2. The van der Waals surface area contributed by atoms with Crippen LogP contribution in [0.1, 0.15) is 161 Å². The zero-order valence-electron chi connectivity index (χ0n) is 25.0. The third kappa shape index (κ3) is 15.3. The van der Waals surface area contributed by atoms with Crippen molar-refractivity contribution in [1.82, 2.24) is 4.90 Å². The average Bonchev–Trinajstić information content (AvgIpc) is 2.84. The Morgan fingerprint density at radius 2 is 0.861 bits per heavy atom. The van der Waals surface area contributed by atoms with E-state index < -0.39 is 0 Å². The van der Waals surface area contributed by atoms with Gasteiger partial charge in [0.1, 0.15) is 0 Å². The molecule has 1 aromatic carbocycles. The highest BCUT2D eigenvalue weighted by Gasteiger charge is 2.20. The van der Waals surface area contributed by atoms with Crippen LogP contribution in [-0.4, -0.2) is 24.5 Å². The fourth-order valence-electron chi connectivity index (χ4n) is 5.35. The lowest BCUT2D eigenvalue weighted by atomic mass is 9.87. The molecule has 0 saturated carbocycles. The molecule has 0 amide bonds. The molecule has 3 heteroatoms. The molecule has 0 spiro atoms. The quantitative estimate of drug-likeness (QED) is 0.104. The van der Waals surface area contributed by atoms with Crippen LogP contribution < -0.4 is 10.9 Å². The normalized spacial score (nSPS) is 12.3. The second kappa shape index (κ2) is 20.1. The van der Waals surface area contributed by atoms with Crippen LogP contribution in [0.15, 0.2) is 9.59 Å². The summed E-state index contributed by atoms with van der Waals surface area (Å²) in [5.41, 5.74) is 1.69. The van der Waals surface area contributed by atoms with Crippen molar-refractivity contribution in [2.24, 2.45) is 5.41 Å². The van der Waals surface area contributed by atoms with Crippen molar-refractivity contribution in [3.05, 3.63) is 31.6 Å². The Morgan fingerprint density at radius 1 is 0.500 bits per heavy atom. The van der Waals surface area contributed by atoms with Gasteiger partial charge in [0.2, 0.25) is 10.9 Å². The van der Waals surface area contributed by atoms with E-state index in [9.17, 15) is 9.59 Å². The molecule has 0 aliphatic carbocycles. The molecule has 0 bridgehead atoms. The summed E-state index contributed by atoms with van der Waals surface area (Å²) < 4.78 is 0. The number of rotatable bonds is 24. The van der Waals surface area contributed by atoms with Gasteiger partial charge >= 0.3 is 0 Å². The summed E-state index contributed by atoms with van der Waals surface area (Å²) in [5, 5.41) is 0. The van der Waals surface area contributed by atoms with E-state index in [1.165, 1.54) is 103 Å². The van der Waals surface area contributed by atoms with Crippen molar-refractivity contribution >= 4 is 0 Å². The van der Waals surface area contributed by atoms with Crippen LogP contribution in [0.25, 0.3) is 0 Å². The maximum absolute atomic E-state index is 12.2. The van der Waals surface area contributed by atoms with Gasteiger partial charge in [-0.1, -0.05) is 112 Å². The molecule has 3 nitrogen and oxygen atoms in total. The highest BCUT2D eigenvalue weighted by Crippen LogP contribution is 2.22. The zero-order chi connectivity index (χ0) is 26.7. The van der Waals surface area contributed by atoms with Crippen LogP contribution in [0.3, 0.4) is 0 Å². The van der Waals surface area contributed by atoms with E-state index in [1.54, 1.807) is 0 Å². The Hall–Kier alpha value is -0.960. The molecule has 0 aliphatic heterocycles. The maximum Gasteiger partial charge on any atom is 0.229 e. The molecule has 36 heavy (non-hydrogen) atoms. The minimum Gasteiger partial charge on any atom is -0.303 e. The SMILES string of the molecule is CCCCCCCCCN(CCCCCCCC)CCCCc1c(CCCCC(C)(C)C)c(=O)c1=O. The minimum atomic E-state index is -0.190. The Balaban J connectivity index is 2.38. The Kier molecular flexibility index (Phi) is 18.4. The van der Waals surface area contributed by atoms with Crippen LogP contribution in [0.2, 0.25) is 0 Å². The molecule has 0 saturated heterocycles.